The molecule has 0 unspecified atom stereocenters. The number of amides is 2. The molecular formula is C20H19N3O3S. The molecule has 7 heteroatoms. The largest absolute Gasteiger partial charge is 0.497 e. The molecule has 0 aliphatic carbocycles. The van der Waals surface area contributed by atoms with Crippen molar-refractivity contribution in [3.05, 3.63) is 65.2 Å². The highest BCUT2D eigenvalue weighted by Gasteiger charge is 2.12. The van der Waals surface area contributed by atoms with E-state index in [9.17, 15) is 9.59 Å². The summed E-state index contributed by atoms with van der Waals surface area (Å²) in [5.41, 5.74) is 2.98. The van der Waals surface area contributed by atoms with Gasteiger partial charge in [0.05, 0.1) is 7.11 Å². The monoisotopic (exact) mass is 381 g/mol. The molecule has 0 radical (unpaired) electrons. The molecule has 1 heterocycles. The summed E-state index contributed by atoms with van der Waals surface area (Å²) in [6.07, 6.45) is 0. The molecule has 2 amide bonds. The van der Waals surface area contributed by atoms with Gasteiger partial charge in [-0.25, -0.2) is 4.98 Å². The first-order chi connectivity index (χ1) is 13.0. The van der Waals surface area contributed by atoms with Gasteiger partial charge in [-0.3, -0.25) is 9.59 Å². The van der Waals surface area contributed by atoms with Gasteiger partial charge in [0, 0.05) is 30.1 Å². The summed E-state index contributed by atoms with van der Waals surface area (Å²) < 4.78 is 5.15. The maximum atomic E-state index is 12.3. The number of benzene rings is 2. The lowest BCUT2D eigenvalue weighted by molar-refractivity contribution is -0.114. The van der Waals surface area contributed by atoms with Crippen LogP contribution in [0.4, 0.5) is 5.69 Å². The number of anilines is 1. The van der Waals surface area contributed by atoms with Crippen molar-refractivity contribution in [3.8, 4) is 16.3 Å². The van der Waals surface area contributed by atoms with Crippen LogP contribution in [0.2, 0.25) is 0 Å². The molecule has 0 saturated heterocycles. The number of carbonyl (C=O) groups excluding carboxylic acids is 2. The molecule has 0 aliphatic rings. The van der Waals surface area contributed by atoms with Crippen LogP contribution in [0, 0.1) is 0 Å². The minimum Gasteiger partial charge on any atom is -0.497 e. The number of carbonyl (C=O) groups is 2. The third kappa shape index (κ3) is 4.92. The summed E-state index contributed by atoms with van der Waals surface area (Å²) in [5.74, 6) is 0.432. The highest BCUT2D eigenvalue weighted by atomic mass is 32.1. The van der Waals surface area contributed by atoms with E-state index in [1.165, 1.54) is 18.3 Å². The van der Waals surface area contributed by atoms with Crippen molar-refractivity contribution in [2.75, 3.05) is 12.4 Å². The predicted octanol–water partition coefficient (Wildman–Crippen LogP) is 3.71. The number of hydrogen-bond acceptors (Lipinski definition) is 5. The zero-order valence-electron chi connectivity index (χ0n) is 15.0. The molecule has 6 nitrogen and oxygen atoms in total. The Morgan fingerprint density at radius 3 is 2.41 bits per heavy atom. The normalized spacial score (nSPS) is 10.3. The average Bonchev–Trinajstić information content (AvgIpc) is 3.17. The van der Waals surface area contributed by atoms with Gasteiger partial charge in [0.1, 0.15) is 16.5 Å². The number of ether oxygens (including phenoxy) is 1. The number of thiazole rings is 1. The van der Waals surface area contributed by atoms with Crippen LogP contribution in [0.25, 0.3) is 10.6 Å². The molecule has 2 aromatic carbocycles. The number of nitrogens with one attached hydrogen (secondary N) is 2. The van der Waals surface area contributed by atoms with Gasteiger partial charge in [-0.1, -0.05) is 12.1 Å². The van der Waals surface area contributed by atoms with Gasteiger partial charge < -0.3 is 15.4 Å². The summed E-state index contributed by atoms with van der Waals surface area (Å²) in [5, 5.41) is 8.09. The Hall–Kier alpha value is -3.19. The van der Waals surface area contributed by atoms with E-state index >= 15 is 0 Å². The van der Waals surface area contributed by atoms with E-state index in [1.54, 1.807) is 24.6 Å². The highest BCUT2D eigenvalue weighted by Crippen LogP contribution is 2.25. The first kappa shape index (κ1) is 18.6. The molecule has 0 atom stereocenters. The number of aromatic nitrogens is 1. The molecule has 1 aromatic heterocycles. The van der Waals surface area contributed by atoms with Crippen LogP contribution in [-0.2, 0) is 11.3 Å². The summed E-state index contributed by atoms with van der Waals surface area (Å²) in [6, 6.07) is 14.9. The average molecular weight is 381 g/mol. The molecule has 0 fully saturated rings. The second-order valence-electron chi connectivity index (χ2n) is 5.83. The third-order valence-corrected chi connectivity index (χ3v) is 4.69. The van der Waals surface area contributed by atoms with Crippen LogP contribution < -0.4 is 15.4 Å². The SMILES string of the molecule is COc1ccc(-c2nc(C(=O)NCc3ccc(NC(C)=O)cc3)cs2)cc1. The standard InChI is InChI=1S/C20H19N3O3S/c1-13(24)22-16-7-3-14(4-8-16)11-21-19(25)18-12-27-20(23-18)15-5-9-17(26-2)10-6-15/h3-10,12H,11H2,1-2H3,(H,21,25)(H,22,24). The van der Waals surface area contributed by atoms with Crippen LogP contribution in [0.1, 0.15) is 23.0 Å². The molecule has 138 valence electrons. The summed E-state index contributed by atoms with van der Waals surface area (Å²) in [4.78, 5) is 27.8. The second kappa shape index (κ2) is 8.46. The quantitative estimate of drug-likeness (QED) is 0.682. The van der Waals surface area contributed by atoms with Crippen LogP contribution in [0.5, 0.6) is 5.75 Å². The first-order valence-corrected chi connectivity index (χ1v) is 9.18. The predicted molar refractivity (Wildman–Crippen MR) is 106 cm³/mol. The lowest BCUT2D eigenvalue weighted by Gasteiger charge is -2.06. The Morgan fingerprint density at radius 1 is 1.07 bits per heavy atom. The Balaban J connectivity index is 1.59. The third-order valence-electron chi connectivity index (χ3n) is 3.80. The van der Waals surface area contributed by atoms with E-state index in [0.29, 0.717) is 12.2 Å². The Kier molecular flexibility index (Phi) is 5.83. The van der Waals surface area contributed by atoms with E-state index in [-0.39, 0.29) is 11.8 Å². The van der Waals surface area contributed by atoms with Crippen molar-refractivity contribution < 1.29 is 14.3 Å². The van der Waals surface area contributed by atoms with Gasteiger partial charge in [0.15, 0.2) is 0 Å². The topological polar surface area (TPSA) is 80.3 Å². The smallest absolute Gasteiger partial charge is 0.271 e. The summed E-state index contributed by atoms with van der Waals surface area (Å²) >= 11 is 1.42. The highest BCUT2D eigenvalue weighted by molar-refractivity contribution is 7.13. The van der Waals surface area contributed by atoms with Gasteiger partial charge in [-0.05, 0) is 42.0 Å². The molecule has 3 aromatic rings. The fourth-order valence-corrected chi connectivity index (χ4v) is 3.23. The number of rotatable bonds is 6. The molecule has 0 aliphatic heterocycles. The minimum absolute atomic E-state index is 0.118. The van der Waals surface area contributed by atoms with Crippen LogP contribution in [-0.4, -0.2) is 23.9 Å². The number of nitrogens with zero attached hydrogens (tertiary/aromatic N) is 1. The maximum Gasteiger partial charge on any atom is 0.271 e. The van der Waals surface area contributed by atoms with Crippen molar-refractivity contribution in [1.82, 2.24) is 10.3 Å². The molecular weight excluding hydrogens is 362 g/mol. The second-order valence-corrected chi connectivity index (χ2v) is 6.69. The van der Waals surface area contributed by atoms with E-state index in [2.05, 4.69) is 15.6 Å². The van der Waals surface area contributed by atoms with Crippen molar-refractivity contribution in [1.29, 1.82) is 0 Å². The van der Waals surface area contributed by atoms with Crippen molar-refractivity contribution in [3.63, 3.8) is 0 Å². The first-order valence-electron chi connectivity index (χ1n) is 8.30. The lowest BCUT2D eigenvalue weighted by atomic mass is 10.2. The zero-order chi connectivity index (χ0) is 19.2. The van der Waals surface area contributed by atoms with E-state index in [1.807, 2.05) is 36.4 Å². The number of methoxy groups -OCH3 is 1. The Bertz CT molecular complexity index is 934. The van der Waals surface area contributed by atoms with Crippen LogP contribution >= 0.6 is 11.3 Å². The molecule has 27 heavy (non-hydrogen) atoms. The van der Waals surface area contributed by atoms with Gasteiger partial charge in [0.2, 0.25) is 5.91 Å². The van der Waals surface area contributed by atoms with Crippen LogP contribution in [0.3, 0.4) is 0 Å². The van der Waals surface area contributed by atoms with Gasteiger partial charge in [-0.15, -0.1) is 11.3 Å². The summed E-state index contributed by atoms with van der Waals surface area (Å²) in [7, 11) is 1.62. The van der Waals surface area contributed by atoms with E-state index in [0.717, 1.165) is 27.6 Å². The fourth-order valence-electron chi connectivity index (χ4n) is 2.43. The summed E-state index contributed by atoms with van der Waals surface area (Å²) in [6.45, 7) is 1.84. The van der Waals surface area contributed by atoms with Crippen LogP contribution in [0.15, 0.2) is 53.9 Å². The molecule has 0 saturated carbocycles. The van der Waals surface area contributed by atoms with Crippen molar-refractivity contribution >= 4 is 28.8 Å². The Labute approximate surface area is 161 Å². The molecule has 3 rings (SSSR count). The van der Waals surface area contributed by atoms with Crippen molar-refractivity contribution in [2.24, 2.45) is 0 Å². The Morgan fingerprint density at radius 2 is 1.78 bits per heavy atom. The van der Waals surface area contributed by atoms with Gasteiger partial charge in [0.25, 0.3) is 5.91 Å². The minimum atomic E-state index is -0.225. The van der Waals surface area contributed by atoms with Crippen molar-refractivity contribution in [2.45, 2.75) is 13.5 Å². The number of hydrogen-bond donors (Lipinski definition) is 2. The van der Waals surface area contributed by atoms with Gasteiger partial charge >= 0.3 is 0 Å². The van der Waals surface area contributed by atoms with E-state index in [4.69, 9.17) is 4.74 Å². The van der Waals surface area contributed by atoms with E-state index < -0.39 is 0 Å². The molecule has 0 spiro atoms. The maximum absolute atomic E-state index is 12.3. The fraction of sp³-hybridized carbons (Fsp3) is 0.150. The lowest BCUT2D eigenvalue weighted by Crippen LogP contribution is -2.23. The molecule has 2 N–H and O–H groups in total. The zero-order valence-corrected chi connectivity index (χ0v) is 15.8. The molecule has 0 bridgehead atoms. The van der Waals surface area contributed by atoms with Gasteiger partial charge in [-0.2, -0.15) is 0 Å².